The lowest BCUT2D eigenvalue weighted by Crippen LogP contribution is -2.55. The van der Waals surface area contributed by atoms with Gasteiger partial charge in [-0.25, -0.2) is 0 Å². The molecule has 0 aromatic heterocycles. The van der Waals surface area contributed by atoms with E-state index in [1.807, 2.05) is 0 Å². The Hall–Kier alpha value is -0.590. The molecule has 1 aliphatic carbocycles. The Bertz CT molecular complexity index is 305. The second-order valence-corrected chi connectivity index (χ2v) is 5.80. The number of rotatable bonds is 3. The van der Waals surface area contributed by atoms with Gasteiger partial charge in [0.2, 0.25) is 0 Å². The summed E-state index contributed by atoms with van der Waals surface area (Å²) in [4.78, 5) is 2.58. The second kappa shape index (κ2) is 4.01. The van der Waals surface area contributed by atoms with Gasteiger partial charge in [0.1, 0.15) is 5.54 Å². The van der Waals surface area contributed by atoms with E-state index in [9.17, 15) is 5.26 Å². The summed E-state index contributed by atoms with van der Waals surface area (Å²) in [7, 11) is 0. The monoisotopic (exact) mass is 219 g/mol. The molecule has 3 rings (SSSR count). The van der Waals surface area contributed by atoms with E-state index in [0.717, 1.165) is 31.8 Å². The molecule has 0 aromatic rings. The molecule has 1 N–H and O–H groups in total. The van der Waals surface area contributed by atoms with Gasteiger partial charge in [-0.05, 0) is 57.5 Å². The normalized spacial score (nSPS) is 39.3. The standard InChI is InChI=1S/C13H21N3/c14-10-13(15-9-11-3-4-11)5-7-16-6-1-2-12(16)8-13/h11-12,15H,1-9H2. The van der Waals surface area contributed by atoms with Crippen molar-refractivity contribution in [2.75, 3.05) is 19.6 Å². The molecular formula is C13H21N3. The van der Waals surface area contributed by atoms with Gasteiger partial charge in [-0.2, -0.15) is 5.26 Å². The zero-order chi connectivity index (χ0) is 11.0. The molecule has 3 fully saturated rings. The third kappa shape index (κ3) is 1.97. The zero-order valence-electron chi connectivity index (χ0n) is 9.91. The number of hydrogen-bond acceptors (Lipinski definition) is 3. The van der Waals surface area contributed by atoms with Crippen LogP contribution in [0.4, 0.5) is 0 Å². The Kier molecular flexibility index (Phi) is 2.65. The van der Waals surface area contributed by atoms with Crippen LogP contribution in [0.5, 0.6) is 0 Å². The highest BCUT2D eigenvalue weighted by Gasteiger charge is 2.42. The summed E-state index contributed by atoms with van der Waals surface area (Å²) in [5.74, 6) is 0.867. The summed E-state index contributed by atoms with van der Waals surface area (Å²) in [5, 5.41) is 13.0. The molecule has 0 amide bonds. The van der Waals surface area contributed by atoms with Crippen LogP contribution in [0.2, 0.25) is 0 Å². The van der Waals surface area contributed by atoms with E-state index in [1.165, 1.54) is 32.2 Å². The average molecular weight is 219 g/mol. The molecule has 2 saturated heterocycles. The molecule has 3 aliphatic rings. The van der Waals surface area contributed by atoms with Crippen molar-refractivity contribution in [3.05, 3.63) is 0 Å². The van der Waals surface area contributed by atoms with E-state index in [0.29, 0.717) is 6.04 Å². The van der Waals surface area contributed by atoms with Gasteiger partial charge in [-0.1, -0.05) is 0 Å². The van der Waals surface area contributed by atoms with Crippen molar-refractivity contribution in [1.82, 2.24) is 10.2 Å². The average Bonchev–Trinajstić information content (AvgIpc) is 3.04. The summed E-state index contributed by atoms with van der Waals surface area (Å²) < 4.78 is 0. The van der Waals surface area contributed by atoms with Gasteiger partial charge in [0, 0.05) is 12.6 Å². The summed E-state index contributed by atoms with van der Waals surface area (Å²) in [6, 6.07) is 3.26. The predicted molar refractivity (Wildman–Crippen MR) is 62.9 cm³/mol. The van der Waals surface area contributed by atoms with Crippen LogP contribution in [-0.2, 0) is 0 Å². The van der Waals surface area contributed by atoms with Crippen molar-refractivity contribution in [3.8, 4) is 6.07 Å². The Morgan fingerprint density at radius 1 is 1.31 bits per heavy atom. The van der Waals surface area contributed by atoms with Gasteiger partial charge >= 0.3 is 0 Å². The third-order valence-corrected chi connectivity index (χ3v) is 4.55. The van der Waals surface area contributed by atoms with Crippen LogP contribution in [-0.4, -0.2) is 36.1 Å². The van der Waals surface area contributed by atoms with E-state index in [4.69, 9.17) is 0 Å². The maximum atomic E-state index is 9.46. The van der Waals surface area contributed by atoms with Gasteiger partial charge in [-0.15, -0.1) is 0 Å². The molecule has 2 atom stereocenters. The van der Waals surface area contributed by atoms with E-state index < -0.39 is 0 Å². The Morgan fingerprint density at radius 3 is 2.94 bits per heavy atom. The molecule has 2 heterocycles. The van der Waals surface area contributed by atoms with Gasteiger partial charge in [0.05, 0.1) is 6.07 Å². The first-order valence-electron chi connectivity index (χ1n) is 6.72. The summed E-state index contributed by atoms with van der Waals surface area (Å²) >= 11 is 0. The van der Waals surface area contributed by atoms with Crippen molar-refractivity contribution < 1.29 is 0 Å². The Labute approximate surface area is 97.8 Å². The molecule has 3 heteroatoms. The largest absolute Gasteiger partial charge is 0.300 e. The molecule has 0 radical (unpaired) electrons. The topological polar surface area (TPSA) is 39.1 Å². The molecule has 3 nitrogen and oxygen atoms in total. The molecule has 88 valence electrons. The molecule has 0 spiro atoms. The summed E-state index contributed by atoms with van der Waals surface area (Å²) in [6.07, 6.45) is 7.43. The van der Waals surface area contributed by atoms with Crippen LogP contribution in [0.1, 0.15) is 38.5 Å². The maximum Gasteiger partial charge on any atom is 0.109 e. The highest BCUT2D eigenvalue weighted by atomic mass is 15.2. The molecule has 0 aromatic carbocycles. The smallest absolute Gasteiger partial charge is 0.109 e. The minimum atomic E-state index is -0.200. The van der Waals surface area contributed by atoms with E-state index >= 15 is 0 Å². The number of piperidine rings is 1. The van der Waals surface area contributed by atoms with Crippen molar-refractivity contribution in [2.45, 2.75) is 50.1 Å². The molecule has 16 heavy (non-hydrogen) atoms. The fraction of sp³-hybridized carbons (Fsp3) is 0.923. The van der Waals surface area contributed by atoms with Gasteiger partial charge in [-0.3, -0.25) is 5.32 Å². The highest BCUT2D eigenvalue weighted by Crippen LogP contribution is 2.34. The van der Waals surface area contributed by atoms with Crippen LogP contribution in [0, 0.1) is 17.2 Å². The number of nitrogens with zero attached hydrogens (tertiary/aromatic N) is 2. The third-order valence-electron chi connectivity index (χ3n) is 4.55. The number of nitrogens with one attached hydrogen (secondary N) is 1. The summed E-state index contributed by atoms with van der Waals surface area (Å²) in [5.41, 5.74) is -0.200. The van der Waals surface area contributed by atoms with Crippen molar-refractivity contribution in [1.29, 1.82) is 5.26 Å². The zero-order valence-corrected chi connectivity index (χ0v) is 9.91. The summed E-state index contributed by atoms with van der Waals surface area (Å²) in [6.45, 7) is 3.45. The number of nitriles is 1. The van der Waals surface area contributed by atoms with Crippen molar-refractivity contribution in [3.63, 3.8) is 0 Å². The Morgan fingerprint density at radius 2 is 2.19 bits per heavy atom. The van der Waals surface area contributed by atoms with Crippen LogP contribution in [0.3, 0.4) is 0 Å². The van der Waals surface area contributed by atoms with Gasteiger partial charge in [0.25, 0.3) is 0 Å². The lowest BCUT2D eigenvalue weighted by Gasteiger charge is -2.40. The molecule has 2 aliphatic heterocycles. The van der Waals surface area contributed by atoms with Gasteiger partial charge < -0.3 is 4.90 Å². The molecular weight excluding hydrogens is 198 g/mol. The quantitative estimate of drug-likeness (QED) is 0.782. The first kappa shape index (κ1) is 10.6. The van der Waals surface area contributed by atoms with Gasteiger partial charge in [0.15, 0.2) is 0 Å². The molecule has 1 saturated carbocycles. The van der Waals surface area contributed by atoms with Crippen LogP contribution >= 0.6 is 0 Å². The van der Waals surface area contributed by atoms with Crippen molar-refractivity contribution in [2.24, 2.45) is 5.92 Å². The minimum absolute atomic E-state index is 0.200. The molecule has 2 unspecified atom stereocenters. The second-order valence-electron chi connectivity index (χ2n) is 5.80. The number of hydrogen-bond donors (Lipinski definition) is 1. The fourth-order valence-corrected chi connectivity index (χ4v) is 3.22. The van der Waals surface area contributed by atoms with Crippen LogP contribution < -0.4 is 5.32 Å². The van der Waals surface area contributed by atoms with Crippen LogP contribution in [0.25, 0.3) is 0 Å². The van der Waals surface area contributed by atoms with E-state index in [2.05, 4.69) is 16.3 Å². The number of fused-ring (bicyclic) bond motifs is 1. The highest BCUT2D eigenvalue weighted by molar-refractivity contribution is 5.13. The first-order valence-corrected chi connectivity index (χ1v) is 6.72. The maximum absolute atomic E-state index is 9.46. The first-order chi connectivity index (χ1) is 7.81. The lowest BCUT2D eigenvalue weighted by atomic mass is 9.84. The minimum Gasteiger partial charge on any atom is -0.300 e. The predicted octanol–water partition coefficient (Wildman–Crippen LogP) is 1.51. The fourth-order valence-electron chi connectivity index (χ4n) is 3.22. The Balaban J connectivity index is 1.63. The SMILES string of the molecule is N#CC1(NCC2CC2)CCN2CCCC2C1. The van der Waals surface area contributed by atoms with E-state index in [-0.39, 0.29) is 5.54 Å². The molecule has 0 bridgehead atoms. The van der Waals surface area contributed by atoms with Crippen molar-refractivity contribution >= 4 is 0 Å². The van der Waals surface area contributed by atoms with E-state index in [1.54, 1.807) is 0 Å². The van der Waals surface area contributed by atoms with Crippen LogP contribution in [0.15, 0.2) is 0 Å². The lowest BCUT2D eigenvalue weighted by molar-refractivity contribution is 0.136.